The standard InChI is InChI=1S/C18H20F3N5O2S/c1-25-10-14(16(24-25)28-3)15-22-23-17(26(15)7-8-27-2)29-11-12-5-4-6-13(9-12)18(19,20)21/h4-6,9-10H,7-8,11H2,1-3H3. The highest BCUT2D eigenvalue weighted by atomic mass is 32.2. The lowest BCUT2D eigenvalue weighted by atomic mass is 10.1. The summed E-state index contributed by atoms with van der Waals surface area (Å²) in [5.74, 6) is 1.28. The van der Waals surface area contributed by atoms with Crippen LogP contribution in [0.15, 0.2) is 35.6 Å². The van der Waals surface area contributed by atoms with Crippen LogP contribution >= 0.6 is 11.8 Å². The third-order valence-electron chi connectivity index (χ3n) is 4.09. The van der Waals surface area contributed by atoms with E-state index in [2.05, 4.69) is 15.3 Å². The van der Waals surface area contributed by atoms with Crippen molar-refractivity contribution < 1.29 is 22.6 Å². The molecule has 0 atom stereocenters. The molecule has 0 unspecified atom stereocenters. The van der Waals surface area contributed by atoms with E-state index < -0.39 is 11.7 Å². The van der Waals surface area contributed by atoms with Crippen molar-refractivity contribution in [2.75, 3.05) is 20.8 Å². The summed E-state index contributed by atoms with van der Waals surface area (Å²) in [6, 6.07) is 5.26. The molecular formula is C18H20F3N5O2S. The first-order chi connectivity index (χ1) is 13.8. The number of hydrogen-bond donors (Lipinski definition) is 0. The zero-order valence-electron chi connectivity index (χ0n) is 16.1. The Kier molecular flexibility index (Phi) is 6.48. The zero-order chi connectivity index (χ0) is 21.0. The lowest BCUT2D eigenvalue weighted by Gasteiger charge is -2.10. The van der Waals surface area contributed by atoms with Gasteiger partial charge >= 0.3 is 6.18 Å². The molecule has 1 aromatic carbocycles. The van der Waals surface area contributed by atoms with Crippen molar-refractivity contribution in [1.29, 1.82) is 0 Å². The predicted molar refractivity (Wildman–Crippen MR) is 102 cm³/mol. The highest BCUT2D eigenvalue weighted by Gasteiger charge is 2.30. The highest BCUT2D eigenvalue weighted by molar-refractivity contribution is 7.98. The first-order valence-corrected chi connectivity index (χ1v) is 9.61. The average molecular weight is 427 g/mol. The molecule has 0 saturated carbocycles. The zero-order valence-corrected chi connectivity index (χ0v) is 16.9. The third-order valence-corrected chi connectivity index (χ3v) is 5.13. The van der Waals surface area contributed by atoms with E-state index >= 15 is 0 Å². The van der Waals surface area contributed by atoms with Gasteiger partial charge in [-0.15, -0.1) is 15.3 Å². The molecule has 0 bridgehead atoms. The van der Waals surface area contributed by atoms with Gasteiger partial charge in [-0.2, -0.15) is 13.2 Å². The molecule has 156 valence electrons. The maximum absolute atomic E-state index is 12.9. The number of hydrogen-bond acceptors (Lipinski definition) is 6. The fourth-order valence-corrected chi connectivity index (χ4v) is 3.64. The van der Waals surface area contributed by atoms with Crippen molar-refractivity contribution in [2.45, 2.75) is 23.6 Å². The molecule has 3 aromatic rings. The number of rotatable bonds is 8. The molecule has 0 saturated heterocycles. The molecule has 29 heavy (non-hydrogen) atoms. The minimum atomic E-state index is -4.37. The Labute approximate surface area is 169 Å². The molecule has 0 N–H and O–H groups in total. The molecule has 2 aromatic heterocycles. The molecular weight excluding hydrogens is 407 g/mol. The molecule has 7 nitrogen and oxygen atoms in total. The second-order valence-corrected chi connectivity index (χ2v) is 7.11. The molecule has 0 radical (unpaired) electrons. The first-order valence-electron chi connectivity index (χ1n) is 8.62. The number of halogens is 3. The lowest BCUT2D eigenvalue weighted by Crippen LogP contribution is -2.08. The van der Waals surface area contributed by atoms with Crippen molar-refractivity contribution in [3.63, 3.8) is 0 Å². The molecule has 11 heteroatoms. The average Bonchev–Trinajstić information content (AvgIpc) is 3.26. The fourth-order valence-electron chi connectivity index (χ4n) is 2.74. The van der Waals surface area contributed by atoms with Crippen molar-refractivity contribution in [3.05, 3.63) is 41.6 Å². The van der Waals surface area contributed by atoms with E-state index in [0.717, 1.165) is 12.1 Å². The summed E-state index contributed by atoms with van der Waals surface area (Å²) in [7, 11) is 4.88. The smallest absolute Gasteiger partial charge is 0.416 e. The number of aryl methyl sites for hydroxylation is 1. The second kappa shape index (κ2) is 8.87. The monoisotopic (exact) mass is 427 g/mol. The van der Waals surface area contributed by atoms with Gasteiger partial charge in [0.2, 0.25) is 5.88 Å². The van der Waals surface area contributed by atoms with Crippen LogP contribution in [-0.2, 0) is 30.3 Å². The van der Waals surface area contributed by atoms with Crippen molar-refractivity contribution in [2.24, 2.45) is 7.05 Å². The molecule has 0 aliphatic carbocycles. The number of alkyl halides is 3. The molecule has 0 aliphatic rings. The Morgan fingerprint density at radius 3 is 2.66 bits per heavy atom. The summed E-state index contributed by atoms with van der Waals surface area (Å²) in [6.45, 7) is 0.895. The normalized spacial score (nSPS) is 11.8. The summed E-state index contributed by atoms with van der Waals surface area (Å²) < 4.78 is 52.7. The molecule has 0 spiro atoms. The van der Waals surface area contributed by atoms with Gasteiger partial charge in [0.25, 0.3) is 0 Å². The van der Waals surface area contributed by atoms with Gasteiger partial charge in [0.1, 0.15) is 5.56 Å². The van der Waals surface area contributed by atoms with Crippen LogP contribution in [0.4, 0.5) is 13.2 Å². The van der Waals surface area contributed by atoms with Crippen LogP contribution in [-0.4, -0.2) is 45.4 Å². The highest BCUT2D eigenvalue weighted by Crippen LogP contribution is 2.33. The summed E-state index contributed by atoms with van der Waals surface area (Å²) in [4.78, 5) is 0. The van der Waals surface area contributed by atoms with Crippen LogP contribution in [0.2, 0.25) is 0 Å². The van der Waals surface area contributed by atoms with Crippen LogP contribution in [0.3, 0.4) is 0 Å². The van der Waals surface area contributed by atoms with Crippen LogP contribution in [0.25, 0.3) is 11.4 Å². The van der Waals surface area contributed by atoms with Gasteiger partial charge in [-0.25, -0.2) is 0 Å². The molecule has 2 heterocycles. The second-order valence-electron chi connectivity index (χ2n) is 6.16. The molecule has 0 amide bonds. The Bertz CT molecular complexity index is 971. The Balaban J connectivity index is 1.87. The Morgan fingerprint density at radius 1 is 1.17 bits per heavy atom. The number of methoxy groups -OCH3 is 2. The van der Waals surface area contributed by atoms with Gasteiger partial charge in [0.15, 0.2) is 11.0 Å². The van der Waals surface area contributed by atoms with Crippen molar-refractivity contribution in [3.8, 4) is 17.3 Å². The number of ether oxygens (including phenoxy) is 2. The van der Waals surface area contributed by atoms with E-state index in [1.165, 1.54) is 24.9 Å². The molecule has 3 rings (SSSR count). The van der Waals surface area contributed by atoms with Crippen LogP contribution in [0.5, 0.6) is 5.88 Å². The number of aromatic nitrogens is 5. The molecule has 0 aliphatic heterocycles. The van der Waals surface area contributed by atoms with E-state index in [4.69, 9.17) is 9.47 Å². The lowest BCUT2D eigenvalue weighted by molar-refractivity contribution is -0.137. The van der Waals surface area contributed by atoms with Gasteiger partial charge in [0, 0.05) is 26.1 Å². The SMILES string of the molecule is COCCn1c(SCc2cccc(C(F)(F)F)c2)nnc1-c1cn(C)nc1OC. The topological polar surface area (TPSA) is 67.0 Å². The Hall–Kier alpha value is -2.53. The van der Waals surface area contributed by atoms with E-state index in [1.54, 1.807) is 31.1 Å². The van der Waals surface area contributed by atoms with Gasteiger partial charge < -0.3 is 9.47 Å². The largest absolute Gasteiger partial charge is 0.479 e. The van der Waals surface area contributed by atoms with E-state index in [0.29, 0.717) is 46.9 Å². The van der Waals surface area contributed by atoms with Crippen LogP contribution in [0.1, 0.15) is 11.1 Å². The molecule has 0 fully saturated rings. The summed E-state index contributed by atoms with van der Waals surface area (Å²) in [5.41, 5.74) is 0.549. The van der Waals surface area contributed by atoms with E-state index in [1.807, 2.05) is 4.57 Å². The minimum absolute atomic E-state index is 0.319. The quantitative estimate of drug-likeness (QED) is 0.512. The van der Waals surface area contributed by atoms with Crippen molar-refractivity contribution >= 4 is 11.8 Å². The predicted octanol–water partition coefficient (Wildman–Crippen LogP) is 3.64. The third kappa shape index (κ3) is 4.91. The Morgan fingerprint density at radius 2 is 1.97 bits per heavy atom. The van der Waals surface area contributed by atoms with Crippen molar-refractivity contribution in [1.82, 2.24) is 24.5 Å². The van der Waals surface area contributed by atoms with Gasteiger partial charge in [0.05, 0.1) is 25.8 Å². The number of nitrogens with zero attached hydrogens (tertiary/aromatic N) is 5. The van der Waals surface area contributed by atoms with Gasteiger partial charge in [-0.1, -0.05) is 30.0 Å². The van der Waals surface area contributed by atoms with Crippen LogP contribution < -0.4 is 4.74 Å². The maximum atomic E-state index is 12.9. The summed E-state index contributed by atoms with van der Waals surface area (Å²) in [5, 5.41) is 13.3. The fraction of sp³-hybridized carbons (Fsp3) is 0.389. The number of thioether (sulfide) groups is 1. The van der Waals surface area contributed by atoms with E-state index in [-0.39, 0.29) is 0 Å². The summed E-state index contributed by atoms with van der Waals surface area (Å²) in [6.07, 6.45) is -2.60. The first kappa shape index (κ1) is 21.2. The van der Waals surface area contributed by atoms with E-state index in [9.17, 15) is 13.2 Å². The maximum Gasteiger partial charge on any atom is 0.416 e. The van der Waals surface area contributed by atoms with Crippen LogP contribution in [0, 0.1) is 0 Å². The minimum Gasteiger partial charge on any atom is -0.479 e. The van der Waals surface area contributed by atoms with Gasteiger partial charge in [-0.05, 0) is 11.6 Å². The van der Waals surface area contributed by atoms with Gasteiger partial charge in [-0.3, -0.25) is 9.25 Å². The number of benzene rings is 1. The summed E-state index contributed by atoms with van der Waals surface area (Å²) >= 11 is 1.30.